The van der Waals surface area contributed by atoms with Gasteiger partial charge in [0.1, 0.15) is 24.0 Å². The quantitative estimate of drug-likeness (QED) is 0.162. The molecule has 3 heterocycles. The van der Waals surface area contributed by atoms with Gasteiger partial charge in [0.05, 0.1) is 22.4 Å². The normalized spacial score (nSPS) is 15.6. The minimum atomic E-state index is -3.07. The third-order valence-corrected chi connectivity index (χ3v) is 11.2. The number of rotatable bonds is 7. The van der Waals surface area contributed by atoms with Crippen molar-refractivity contribution >= 4 is 44.6 Å². The molecule has 5 heteroatoms. The fraction of sp³-hybridized carbons (Fsp3) is 0.226. The summed E-state index contributed by atoms with van der Waals surface area (Å²) >= 11 is 0. The van der Waals surface area contributed by atoms with Crippen molar-refractivity contribution in [1.82, 2.24) is 9.55 Å². The maximum atomic E-state index is 8.69. The number of nitrogens with zero attached hydrogens (tertiary/aromatic N) is 4. The lowest BCUT2D eigenvalue weighted by molar-refractivity contribution is 0.479. The van der Waals surface area contributed by atoms with Gasteiger partial charge >= 0.3 is 0 Å². The predicted molar refractivity (Wildman–Crippen MR) is 244 cm³/mol. The van der Waals surface area contributed by atoms with Gasteiger partial charge in [0.2, 0.25) is 0 Å². The molecule has 6 aromatic carbocycles. The standard InChI is InChI=1S/C53H52N4O/c1-35(2)36-19-23-41(24-20-36)55-34-56(49-16-12-11-15-48(49)55)42-30-40(53(6,7)8)31-44(32-42)58-43-25-26-46-45-13-9-10-14-47(45)57(50(46)33-43)51-29-38(27-28-54-51)37-17-21-39(22-18-37)52(3,4)5/h9-33,35H,34H2,1-8H3/i1D3,2D3,35D. The molecule has 9 rings (SSSR count). The van der Waals surface area contributed by atoms with Gasteiger partial charge in [-0.05, 0) is 111 Å². The van der Waals surface area contributed by atoms with E-state index in [1.807, 2.05) is 30.5 Å². The highest BCUT2D eigenvalue weighted by Crippen LogP contribution is 2.46. The van der Waals surface area contributed by atoms with E-state index in [4.69, 9.17) is 19.3 Å². The number of hydrogen-bond acceptors (Lipinski definition) is 4. The van der Waals surface area contributed by atoms with Crippen molar-refractivity contribution in [3.63, 3.8) is 0 Å². The van der Waals surface area contributed by atoms with Crippen LogP contribution in [0.4, 0.5) is 22.7 Å². The molecule has 58 heavy (non-hydrogen) atoms. The van der Waals surface area contributed by atoms with Crippen LogP contribution in [0.5, 0.6) is 11.5 Å². The number of ether oxygens (including phenoxy) is 1. The molecular formula is C53H52N4O. The third kappa shape index (κ3) is 6.89. The van der Waals surface area contributed by atoms with E-state index in [0.29, 0.717) is 18.2 Å². The smallest absolute Gasteiger partial charge is 0.138 e. The van der Waals surface area contributed by atoms with Crippen LogP contribution < -0.4 is 14.5 Å². The van der Waals surface area contributed by atoms with Gasteiger partial charge < -0.3 is 14.5 Å². The molecule has 0 atom stereocenters. The van der Waals surface area contributed by atoms with Crippen LogP contribution in [0.3, 0.4) is 0 Å². The minimum Gasteiger partial charge on any atom is -0.457 e. The average molecular weight is 768 g/mol. The van der Waals surface area contributed by atoms with Gasteiger partial charge in [0.25, 0.3) is 0 Å². The highest BCUT2D eigenvalue weighted by atomic mass is 16.5. The second kappa shape index (κ2) is 14.2. The van der Waals surface area contributed by atoms with Crippen LogP contribution in [0.1, 0.15) is 87.4 Å². The highest BCUT2D eigenvalue weighted by Gasteiger charge is 2.29. The summed E-state index contributed by atoms with van der Waals surface area (Å²) < 4.78 is 65.6. The molecule has 1 aliphatic rings. The molecule has 1 aliphatic heterocycles. The first-order valence-corrected chi connectivity index (χ1v) is 19.8. The summed E-state index contributed by atoms with van der Waals surface area (Å²) in [5, 5.41) is 2.21. The molecular weight excluding hydrogens is 709 g/mol. The first kappa shape index (κ1) is 29.8. The molecule has 8 aromatic rings. The molecule has 0 fully saturated rings. The number of fused-ring (bicyclic) bond motifs is 4. The zero-order valence-electron chi connectivity index (χ0n) is 40.8. The van der Waals surface area contributed by atoms with Crippen LogP contribution in [0.15, 0.2) is 152 Å². The monoisotopic (exact) mass is 767 g/mol. The van der Waals surface area contributed by atoms with Crippen LogP contribution >= 0.6 is 0 Å². The predicted octanol–water partition coefficient (Wildman–Crippen LogP) is 14.6. The van der Waals surface area contributed by atoms with Crippen LogP contribution in [-0.2, 0) is 10.8 Å². The number of aromatic nitrogens is 2. The zero-order valence-corrected chi connectivity index (χ0v) is 33.8. The van der Waals surface area contributed by atoms with Crippen molar-refractivity contribution in [2.24, 2.45) is 0 Å². The molecule has 290 valence electrons. The summed E-state index contributed by atoms with van der Waals surface area (Å²) in [6.45, 7) is 7.48. The lowest BCUT2D eigenvalue weighted by atomic mass is 9.86. The maximum absolute atomic E-state index is 8.69. The Labute approximate surface area is 353 Å². The molecule has 2 aromatic heterocycles. The fourth-order valence-electron chi connectivity index (χ4n) is 7.97. The number of pyridine rings is 1. The Balaban J connectivity index is 1.08. The van der Waals surface area contributed by atoms with Gasteiger partial charge in [-0.3, -0.25) is 4.57 Å². The Hall–Kier alpha value is -6.33. The first-order valence-electron chi connectivity index (χ1n) is 23.3. The highest BCUT2D eigenvalue weighted by molar-refractivity contribution is 6.09. The summed E-state index contributed by atoms with van der Waals surface area (Å²) in [6, 6.07) is 48.3. The van der Waals surface area contributed by atoms with Crippen molar-refractivity contribution in [2.45, 2.75) is 72.0 Å². The van der Waals surface area contributed by atoms with Crippen LogP contribution in [-0.4, -0.2) is 16.2 Å². The second-order valence-corrected chi connectivity index (χ2v) is 17.2. The molecule has 0 N–H and O–H groups in total. The van der Waals surface area contributed by atoms with Gasteiger partial charge in [0.15, 0.2) is 0 Å². The molecule has 0 saturated heterocycles. The van der Waals surface area contributed by atoms with Gasteiger partial charge in [-0.2, -0.15) is 0 Å². The van der Waals surface area contributed by atoms with E-state index < -0.39 is 19.6 Å². The summed E-state index contributed by atoms with van der Waals surface area (Å²) in [7, 11) is 0. The number of anilines is 4. The summed E-state index contributed by atoms with van der Waals surface area (Å²) in [6.07, 6.45) is 1.87. The molecule has 0 amide bonds. The van der Waals surface area contributed by atoms with E-state index in [0.717, 1.165) is 67.1 Å². The lowest BCUT2D eigenvalue weighted by Gasteiger charge is -2.26. The Morgan fingerprint density at radius 2 is 1.26 bits per heavy atom. The second-order valence-electron chi connectivity index (χ2n) is 17.2. The molecule has 0 spiro atoms. The Morgan fingerprint density at radius 1 is 0.586 bits per heavy atom. The fourth-order valence-corrected chi connectivity index (χ4v) is 7.97. The van der Waals surface area contributed by atoms with Gasteiger partial charge in [0, 0.05) is 50.1 Å². The lowest BCUT2D eigenvalue weighted by Crippen LogP contribution is -2.24. The molecule has 5 nitrogen and oxygen atoms in total. The Morgan fingerprint density at radius 3 is 1.97 bits per heavy atom. The van der Waals surface area contributed by atoms with E-state index in [9.17, 15) is 0 Å². The van der Waals surface area contributed by atoms with Gasteiger partial charge in [-0.1, -0.05) is 122 Å². The van der Waals surface area contributed by atoms with E-state index in [1.165, 1.54) is 17.7 Å². The van der Waals surface area contributed by atoms with E-state index >= 15 is 0 Å². The molecule has 0 aliphatic carbocycles. The number of hydrogen-bond donors (Lipinski definition) is 0. The van der Waals surface area contributed by atoms with E-state index in [-0.39, 0.29) is 16.4 Å². The summed E-state index contributed by atoms with van der Waals surface area (Å²) in [5.74, 6) is -0.617. The maximum Gasteiger partial charge on any atom is 0.138 e. The van der Waals surface area contributed by atoms with Crippen molar-refractivity contribution in [3.8, 4) is 28.4 Å². The van der Waals surface area contributed by atoms with Gasteiger partial charge in [-0.15, -0.1) is 0 Å². The number of para-hydroxylation sites is 3. The van der Waals surface area contributed by atoms with Crippen molar-refractivity contribution < 1.29 is 14.3 Å². The van der Waals surface area contributed by atoms with Crippen molar-refractivity contribution in [1.29, 1.82) is 0 Å². The third-order valence-electron chi connectivity index (χ3n) is 11.2. The first-order chi connectivity index (χ1) is 30.6. The van der Waals surface area contributed by atoms with Gasteiger partial charge in [-0.25, -0.2) is 4.98 Å². The van der Waals surface area contributed by atoms with Crippen LogP contribution in [0, 0.1) is 0 Å². The average Bonchev–Trinajstić information content (AvgIpc) is 3.81. The van der Waals surface area contributed by atoms with Crippen LogP contribution in [0.2, 0.25) is 0 Å². The zero-order chi connectivity index (χ0) is 46.3. The van der Waals surface area contributed by atoms with E-state index in [1.54, 1.807) is 12.1 Å². The number of benzene rings is 6. The van der Waals surface area contributed by atoms with Crippen molar-refractivity contribution in [3.05, 3.63) is 168 Å². The molecule has 0 radical (unpaired) electrons. The Kier molecular flexibility index (Phi) is 7.33. The SMILES string of the molecule is [2H]C([2H])([2H])C([2H])(c1ccc(N2CN(c3cc(Oc4ccc5c6ccccc6n(-c6cc(-c7ccc(C(C)(C)C)cc7)ccn6)c5c4)cc(C(C)(C)C)c3)c3ccccc32)cc1)C([2H])([2H])[2H]. The van der Waals surface area contributed by atoms with Crippen molar-refractivity contribution in [2.75, 3.05) is 16.5 Å². The Bertz CT molecular complexity index is 3050. The van der Waals surface area contributed by atoms with E-state index in [2.05, 4.69) is 153 Å². The minimum absolute atomic E-state index is 0.0620. The summed E-state index contributed by atoms with van der Waals surface area (Å²) in [4.78, 5) is 9.22. The van der Waals surface area contributed by atoms with Crippen LogP contribution in [0.25, 0.3) is 38.8 Å². The molecule has 0 saturated carbocycles. The largest absolute Gasteiger partial charge is 0.457 e. The topological polar surface area (TPSA) is 33.5 Å². The molecule has 0 bridgehead atoms. The summed E-state index contributed by atoms with van der Waals surface area (Å²) in [5.41, 5.74) is 9.86. The molecule has 0 unspecified atom stereocenters.